The molecule has 2 aromatic rings. The van der Waals surface area contributed by atoms with Crippen molar-refractivity contribution in [3.63, 3.8) is 0 Å². The highest BCUT2D eigenvalue weighted by atomic mass is 19.4. The second-order valence-corrected chi connectivity index (χ2v) is 4.77. The normalized spacial score (nSPS) is 11.3. The quantitative estimate of drug-likeness (QED) is 0.669. The molecule has 2 amide bonds. The lowest BCUT2D eigenvalue weighted by Crippen LogP contribution is -2.40. The fourth-order valence-corrected chi connectivity index (χ4v) is 1.81. The molecule has 0 aliphatic rings. The number of alkyl halides is 3. The molecule has 2 N–H and O–H groups in total. The molecule has 0 heterocycles. The fraction of sp³-hybridized carbons (Fsp3) is 0.0588. The van der Waals surface area contributed by atoms with Gasteiger partial charge in [0, 0.05) is 11.6 Å². The third kappa shape index (κ3) is 4.98. The average Bonchev–Trinajstić information content (AvgIpc) is 2.58. The zero-order chi connectivity index (χ0) is 17.6. The molecule has 0 saturated carbocycles. The Morgan fingerprint density at radius 2 is 1.62 bits per heavy atom. The van der Waals surface area contributed by atoms with Crippen molar-refractivity contribution in [2.75, 3.05) is 0 Å². The summed E-state index contributed by atoms with van der Waals surface area (Å²) in [7, 11) is 0. The van der Waals surface area contributed by atoms with Gasteiger partial charge >= 0.3 is 6.18 Å². The van der Waals surface area contributed by atoms with Gasteiger partial charge in [0.1, 0.15) is 0 Å². The molecule has 2 aromatic carbocycles. The van der Waals surface area contributed by atoms with Gasteiger partial charge in [-0.2, -0.15) is 13.2 Å². The second kappa shape index (κ2) is 7.45. The van der Waals surface area contributed by atoms with Crippen LogP contribution in [0.3, 0.4) is 0 Å². The maximum atomic E-state index is 12.6. The molecule has 0 aliphatic carbocycles. The van der Waals surface area contributed by atoms with Gasteiger partial charge in [0.25, 0.3) is 11.8 Å². The van der Waals surface area contributed by atoms with Crippen molar-refractivity contribution < 1.29 is 22.8 Å². The summed E-state index contributed by atoms with van der Waals surface area (Å²) in [6.45, 7) is 0. The van der Waals surface area contributed by atoms with E-state index in [0.717, 1.165) is 18.2 Å². The molecule has 124 valence electrons. The van der Waals surface area contributed by atoms with E-state index in [0.29, 0.717) is 5.56 Å². The molecule has 24 heavy (non-hydrogen) atoms. The van der Waals surface area contributed by atoms with E-state index in [9.17, 15) is 22.8 Å². The molecule has 0 saturated heterocycles. The van der Waals surface area contributed by atoms with Gasteiger partial charge in [-0.3, -0.25) is 20.4 Å². The van der Waals surface area contributed by atoms with Crippen LogP contribution < -0.4 is 10.9 Å². The number of nitrogens with one attached hydrogen (secondary N) is 2. The fourth-order valence-electron chi connectivity index (χ4n) is 1.81. The Morgan fingerprint density at radius 3 is 2.29 bits per heavy atom. The Morgan fingerprint density at radius 1 is 0.917 bits per heavy atom. The van der Waals surface area contributed by atoms with Gasteiger partial charge < -0.3 is 0 Å². The number of hydrogen-bond donors (Lipinski definition) is 2. The Hall–Kier alpha value is -3.09. The molecule has 0 atom stereocenters. The Labute approximate surface area is 136 Å². The van der Waals surface area contributed by atoms with Gasteiger partial charge in [0.2, 0.25) is 0 Å². The molecule has 0 fully saturated rings. The van der Waals surface area contributed by atoms with Crippen LogP contribution >= 0.6 is 0 Å². The van der Waals surface area contributed by atoms with E-state index >= 15 is 0 Å². The van der Waals surface area contributed by atoms with E-state index in [4.69, 9.17) is 0 Å². The van der Waals surface area contributed by atoms with Crippen LogP contribution in [0, 0.1) is 0 Å². The SMILES string of the molecule is O=C(C=Cc1cccc(C(F)(F)F)c1)NNC(=O)c1ccccc1. The lowest BCUT2D eigenvalue weighted by molar-refractivity contribution is -0.137. The van der Waals surface area contributed by atoms with Gasteiger partial charge in [0.05, 0.1) is 5.56 Å². The number of amides is 2. The monoisotopic (exact) mass is 334 g/mol. The average molecular weight is 334 g/mol. The highest BCUT2D eigenvalue weighted by Crippen LogP contribution is 2.29. The van der Waals surface area contributed by atoms with Gasteiger partial charge in [0.15, 0.2) is 0 Å². The number of carbonyl (C=O) groups excluding carboxylic acids is 2. The summed E-state index contributed by atoms with van der Waals surface area (Å²) in [5.74, 6) is -1.17. The largest absolute Gasteiger partial charge is 0.416 e. The maximum absolute atomic E-state index is 12.6. The number of halogens is 3. The van der Waals surface area contributed by atoms with E-state index in [2.05, 4.69) is 10.9 Å². The minimum Gasteiger partial charge on any atom is -0.268 e. The van der Waals surface area contributed by atoms with Crippen molar-refractivity contribution in [1.82, 2.24) is 10.9 Å². The van der Waals surface area contributed by atoms with Crippen LogP contribution in [0.15, 0.2) is 60.7 Å². The first-order valence-corrected chi connectivity index (χ1v) is 6.87. The third-order valence-corrected chi connectivity index (χ3v) is 2.98. The lowest BCUT2D eigenvalue weighted by atomic mass is 10.1. The number of rotatable bonds is 3. The summed E-state index contributed by atoms with van der Waals surface area (Å²) in [6.07, 6.45) is -2.20. The number of hydrogen-bond acceptors (Lipinski definition) is 2. The van der Waals surface area contributed by atoms with Crippen molar-refractivity contribution in [3.05, 3.63) is 77.4 Å². The molecular formula is C17H13F3N2O2. The lowest BCUT2D eigenvalue weighted by Gasteiger charge is -2.07. The van der Waals surface area contributed by atoms with Crippen LogP contribution in [0.2, 0.25) is 0 Å². The predicted octanol–water partition coefficient (Wildman–Crippen LogP) is 3.18. The summed E-state index contributed by atoms with van der Waals surface area (Å²) in [4.78, 5) is 23.3. The van der Waals surface area contributed by atoms with Crippen LogP contribution in [-0.2, 0) is 11.0 Å². The van der Waals surface area contributed by atoms with Gasteiger partial charge in [-0.25, -0.2) is 0 Å². The van der Waals surface area contributed by atoms with E-state index in [1.165, 1.54) is 18.2 Å². The first-order chi connectivity index (χ1) is 11.4. The standard InChI is InChI=1S/C17H13F3N2O2/c18-17(19,20)14-8-4-5-12(11-14)9-10-15(23)21-22-16(24)13-6-2-1-3-7-13/h1-11H,(H,21,23)(H,22,24). The number of carbonyl (C=O) groups is 2. The van der Waals surface area contributed by atoms with Crippen molar-refractivity contribution >= 4 is 17.9 Å². The first-order valence-electron chi connectivity index (χ1n) is 6.87. The van der Waals surface area contributed by atoms with E-state index in [1.54, 1.807) is 30.3 Å². The summed E-state index contributed by atoms with van der Waals surface area (Å²) in [6, 6.07) is 12.8. The zero-order valence-electron chi connectivity index (χ0n) is 12.3. The second-order valence-electron chi connectivity index (χ2n) is 4.77. The van der Waals surface area contributed by atoms with Crippen LogP contribution in [0.5, 0.6) is 0 Å². The van der Waals surface area contributed by atoms with Crippen LogP contribution in [-0.4, -0.2) is 11.8 Å². The Balaban J connectivity index is 1.93. The topological polar surface area (TPSA) is 58.2 Å². The molecule has 0 aromatic heterocycles. The van der Waals surface area contributed by atoms with Crippen LogP contribution in [0.25, 0.3) is 6.08 Å². The minimum absolute atomic E-state index is 0.217. The molecule has 4 nitrogen and oxygen atoms in total. The van der Waals surface area contributed by atoms with Crippen molar-refractivity contribution in [3.8, 4) is 0 Å². The van der Waals surface area contributed by atoms with Gasteiger partial charge in [-0.05, 0) is 35.9 Å². The molecular weight excluding hydrogens is 321 g/mol. The van der Waals surface area contributed by atoms with Crippen LogP contribution in [0.4, 0.5) is 13.2 Å². The number of hydrazine groups is 1. The zero-order valence-corrected chi connectivity index (χ0v) is 12.3. The summed E-state index contributed by atoms with van der Waals surface area (Å²) in [5.41, 5.74) is 4.12. The molecule has 2 rings (SSSR count). The van der Waals surface area contributed by atoms with Crippen molar-refractivity contribution in [1.29, 1.82) is 0 Å². The molecule has 0 radical (unpaired) electrons. The Kier molecular flexibility index (Phi) is 5.36. The smallest absolute Gasteiger partial charge is 0.268 e. The third-order valence-electron chi connectivity index (χ3n) is 2.98. The van der Waals surface area contributed by atoms with Gasteiger partial charge in [-0.15, -0.1) is 0 Å². The minimum atomic E-state index is -4.45. The van der Waals surface area contributed by atoms with Crippen molar-refractivity contribution in [2.24, 2.45) is 0 Å². The number of benzene rings is 2. The molecule has 0 unspecified atom stereocenters. The van der Waals surface area contributed by atoms with Crippen LogP contribution in [0.1, 0.15) is 21.5 Å². The summed E-state index contributed by atoms with van der Waals surface area (Å²) in [5, 5.41) is 0. The van der Waals surface area contributed by atoms with E-state index in [-0.39, 0.29) is 5.56 Å². The first kappa shape index (κ1) is 17.3. The molecule has 7 heteroatoms. The molecule has 0 spiro atoms. The molecule has 0 aliphatic heterocycles. The summed E-state index contributed by atoms with van der Waals surface area (Å²) < 4.78 is 37.8. The maximum Gasteiger partial charge on any atom is 0.416 e. The van der Waals surface area contributed by atoms with E-state index in [1.807, 2.05) is 0 Å². The van der Waals surface area contributed by atoms with E-state index < -0.39 is 23.6 Å². The predicted molar refractivity (Wildman–Crippen MR) is 82.5 cm³/mol. The van der Waals surface area contributed by atoms with Crippen molar-refractivity contribution in [2.45, 2.75) is 6.18 Å². The highest BCUT2D eigenvalue weighted by Gasteiger charge is 2.30. The summed E-state index contributed by atoms with van der Waals surface area (Å²) >= 11 is 0. The van der Waals surface area contributed by atoms with Gasteiger partial charge in [-0.1, -0.05) is 30.3 Å². The Bertz CT molecular complexity index is 756. The molecule has 0 bridgehead atoms. The highest BCUT2D eigenvalue weighted by molar-refractivity contribution is 5.97.